The van der Waals surface area contributed by atoms with Crippen LogP contribution in [0, 0.1) is 0 Å². The third kappa shape index (κ3) is 2.13. The Bertz CT molecular complexity index is 321. The quantitative estimate of drug-likeness (QED) is 0.767. The van der Waals surface area contributed by atoms with Gasteiger partial charge in [0.05, 0.1) is 14.2 Å². The van der Waals surface area contributed by atoms with E-state index in [0.29, 0.717) is 11.7 Å². The molecule has 0 radical (unpaired) electrons. The number of rotatable bonds is 3. The minimum absolute atomic E-state index is 0.377. The van der Waals surface area contributed by atoms with Crippen LogP contribution in [0.3, 0.4) is 0 Å². The van der Waals surface area contributed by atoms with Crippen LogP contribution in [0.5, 0.6) is 11.5 Å². The van der Waals surface area contributed by atoms with Crippen molar-refractivity contribution < 1.29 is 9.47 Å². The monoisotopic (exact) mass is 214 g/mol. The fraction of sp³-hybridized carbons (Fsp3) is 0.455. The zero-order chi connectivity index (χ0) is 10.7. The highest BCUT2D eigenvalue weighted by Crippen LogP contribution is 2.36. The van der Waals surface area contributed by atoms with Crippen LogP contribution in [-0.2, 0) is 0 Å². The van der Waals surface area contributed by atoms with Crippen LogP contribution in [0.15, 0.2) is 12.1 Å². The van der Waals surface area contributed by atoms with E-state index < -0.39 is 0 Å². The van der Waals surface area contributed by atoms with Crippen LogP contribution in [0.25, 0.3) is 0 Å². The first kappa shape index (κ1) is 11.2. The Morgan fingerprint density at radius 3 is 2.00 bits per heavy atom. The smallest absolute Gasteiger partial charge is 0.162 e. The van der Waals surface area contributed by atoms with Crippen molar-refractivity contribution in [3.05, 3.63) is 22.7 Å². The molecular weight excluding hydrogens is 200 g/mol. The number of methoxy groups -OCH3 is 2. The van der Waals surface area contributed by atoms with Crippen molar-refractivity contribution in [1.29, 1.82) is 0 Å². The Morgan fingerprint density at radius 1 is 1.07 bits per heavy atom. The number of benzene rings is 1. The predicted molar refractivity (Wildman–Crippen MR) is 58.6 cm³/mol. The van der Waals surface area contributed by atoms with E-state index in [-0.39, 0.29) is 0 Å². The molecule has 0 heterocycles. The van der Waals surface area contributed by atoms with Crippen molar-refractivity contribution in [3.8, 4) is 11.5 Å². The van der Waals surface area contributed by atoms with E-state index >= 15 is 0 Å². The van der Waals surface area contributed by atoms with E-state index in [0.717, 1.165) is 16.3 Å². The van der Waals surface area contributed by atoms with Crippen LogP contribution < -0.4 is 9.47 Å². The Morgan fingerprint density at radius 2 is 1.57 bits per heavy atom. The largest absolute Gasteiger partial charge is 0.493 e. The third-order valence-electron chi connectivity index (χ3n) is 2.12. The topological polar surface area (TPSA) is 18.5 Å². The maximum atomic E-state index is 6.10. The van der Waals surface area contributed by atoms with Gasteiger partial charge in [0.15, 0.2) is 11.5 Å². The summed E-state index contributed by atoms with van der Waals surface area (Å²) >= 11 is 6.10. The van der Waals surface area contributed by atoms with Crippen molar-refractivity contribution in [2.24, 2.45) is 0 Å². The lowest BCUT2D eigenvalue weighted by molar-refractivity contribution is 0.354. The van der Waals surface area contributed by atoms with Crippen molar-refractivity contribution in [3.63, 3.8) is 0 Å². The normalized spacial score (nSPS) is 10.4. The zero-order valence-corrected chi connectivity index (χ0v) is 9.68. The predicted octanol–water partition coefficient (Wildman–Crippen LogP) is 3.48. The summed E-state index contributed by atoms with van der Waals surface area (Å²) in [5, 5.41) is 0.720. The van der Waals surface area contributed by atoms with E-state index in [2.05, 4.69) is 13.8 Å². The summed E-state index contributed by atoms with van der Waals surface area (Å²) in [6, 6.07) is 3.71. The van der Waals surface area contributed by atoms with Crippen molar-refractivity contribution in [1.82, 2.24) is 0 Å². The summed E-state index contributed by atoms with van der Waals surface area (Å²) in [5.41, 5.74) is 1.07. The van der Waals surface area contributed by atoms with E-state index in [1.807, 2.05) is 6.07 Å². The molecule has 0 N–H and O–H groups in total. The average Bonchev–Trinajstić information content (AvgIpc) is 2.16. The molecule has 0 unspecified atom stereocenters. The van der Waals surface area contributed by atoms with Gasteiger partial charge in [0.2, 0.25) is 0 Å². The number of halogens is 1. The molecule has 1 aromatic carbocycles. The fourth-order valence-electron chi connectivity index (χ4n) is 1.31. The lowest BCUT2D eigenvalue weighted by atomic mass is 10.0. The number of hydrogen-bond acceptors (Lipinski definition) is 2. The van der Waals surface area contributed by atoms with Crippen LogP contribution >= 0.6 is 11.6 Å². The fourth-order valence-corrected chi connectivity index (χ4v) is 1.68. The van der Waals surface area contributed by atoms with E-state index in [4.69, 9.17) is 21.1 Å². The van der Waals surface area contributed by atoms with Gasteiger partial charge in [-0.2, -0.15) is 0 Å². The average molecular weight is 215 g/mol. The highest BCUT2D eigenvalue weighted by Gasteiger charge is 2.11. The molecular formula is C11H15ClO2. The molecule has 0 spiro atoms. The molecule has 0 fully saturated rings. The number of ether oxygens (including phenoxy) is 2. The standard InChI is InChI=1S/C11H15ClO2/c1-7(2)8-5-10(13-3)11(14-4)6-9(8)12/h5-7H,1-4H3. The molecule has 3 heteroatoms. The Kier molecular flexibility index (Phi) is 3.64. The first-order chi connectivity index (χ1) is 6.60. The van der Waals surface area contributed by atoms with Crippen LogP contribution in [0.1, 0.15) is 25.3 Å². The maximum Gasteiger partial charge on any atom is 0.162 e. The summed E-state index contributed by atoms with van der Waals surface area (Å²) < 4.78 is 10.3. The van der Waals surface area contributed by atoms with Gasteiger partial charge in [-0.15, -0.1) is 0 Å². The number of hydrogen-bond donors (Lipinski definition) is 0. The summed E-state index contributed by atoms with van der Waals surface area (Å²) in [4.78, 5) is 0. The molecule has 0 aliphatic rings. The molecule has 0 saturated carbocycles. The van der Waals surface area contributed by atoms with E-state index in [9.17, 15) is 0 Å². The Hall–Kier alpha value is -0.890. The van der Waals surface area contributed by atoms with Gasteiger partial charge < -0.3 is 9.47 Å². The molecule has 0 atom stereocenters. The molecule has 14 heavy (non-hydrogen) atoms. The summed E-state index contributed by atoms with van der Waals surface area (Å²) in [6.07, 6.45) is 0. The molecule has 0 aromatic heterocycles. The second kappa shape index (κ2) is 4.56. The van der Waals surface area contributed by atoms with Gasteiger partial charge in [-0.1, -0.05) is 25.4 Å². The van der Waals surface area contributed by atoms with Gasteiger partial charge in [-0.3, -0.25) is 0 Å². The van der Waals surface area contributed by atoms with E-state index in [1.54, 1.807) is 20.3 Å². The van der Waals surface area contributed by atoms with E-state index in [1.165, 1.54) is 0 Å². The van der Waals surface area contributed by atoms with Gasteiger partial charge in [0.1, 0.15) is 0 Å². The lowest BCUT2D eigenvalue weighted by Crippen LogP contribution is -1.95. The summed E-state index contributed by atoms with van der Waals surface area (Å²) in [7, 11) is 3.22. The lowest BCUT2D eigenvalue weighted by Gasteiger charge is -2.13. The van der Waals surface area contributed by atoms with Gasteiger partial charge >= 0.3 is 0 Å². The zero-order valence-electron chi connectivity index (χ0n) is 8.93. The molecule has 0 saturated heterocycles. The Balaban J connectivity index is 3.23. The second-order valence-corrected chi connectivity index (χ2v) is 3.79. The first-order valence-corrected chi connectivity index (χ1v) is 4.89. The molecule has 0 aliphatic heterocycles. The Labute approximate surface area is 89.8 Å². The third-order valence-corrected chi connectivity index (χ3v) is 2.45. The van der Waals surface area contributed by atoms with Gasteiger partial charge in [-0.25, -0.2) is 0 Å². The molecule has 0 amide bonds. The summed E-state index contributed by atoms with van der Waals surface area (Å²) in [6.45, 7) is 4.18. The second-order valence-electron chi connectivity index (χ2n) is 3.38. The van der Waals surface area contributed by atoms with Crippen LogP contribution in [0.2, 0.25) is 5.02 Å². The molecule has 2 nitrogen and oxygen atoms in total. The van der Waals surface area contributed by atoms with Crippen molar-refractivity contribution in [2.45, 2.75) is 19.8 Å². The molecule has 78 valence electrons. The summed E-state index contributed by atoms with van der Waals surface area (Å²) in [5.74, 6) is 1.77. The first-order valence-electron chi connectivity index (χ1n) is 4.51. The van der Waals surface area contributed by atoms with Crippen molar-refractivity contribution in [2.75, 3.05) is 14.2 Å². The minimum Gasteiger partial charge on any atom is -0.493 e. The SMILES string of the molecule is COc1cc(Cl)c(C(C)C)cc1OC. The molecule has 0 aliphatic carbocycles. The molecule has 0 bridgehead atoms. The van der Waals surface area contributed by atoms with Crippen molar-refractivity contribution >= 4 is 11.6 Å². The van der Waals surface area contributed by atoms with Gasteiger partial charge in [0, 0.05) is 11.1 Å². The van der Waals surface area contributed by atoms with Gasteiger partial charge in [-0.05, 0) is 17.5 Å². The van der Waals surface area contributed by atoms with Gasteiger partial charge in [0.25, 0.3) is 0 Å². The molecule has 1 rings (SSSR count). The van der Waals surface area contributed by atoms with Crippen LogP contribution in [-0.4, -0.2) is 14.2 Å². The maximum absolute atomic E-state index is 6.10. The highest BCUT2D eigenvalue weighted by molar-refractivity contribution is 6.31. The minimum atomic E-state index is 0.377. The molecule has 1 aromatic rings. The van der Waals surface area contributed by atoms with Crippen LogP contribution in [0.4, 0.5) is 0 Å². The highest BCUT2D eigenvalue weighted by atomic mass is 35.5.